The molecule has 1 aliphatic heterocycles. The average Bonchev–Trinajstić information content (AvgIpc) is 3.16. The Bertz CT molecular complexity index is 573. The van der Waals surface area contributed by atoms with Gasteiger partial charge in [0.2, 0.25) is 11.8 Å². The third-order valence-corrected chi connectivity index (χ3v) is 4.82. The van der Waals surface area contributed by atoms with Gasteiger partial charge in [0, 0.05) is 18.9 Å². The smallest absolute Gasteiger partial charge is 0.227 e. The number of amides is 2. The maximum absolute atomic E-state index is 12.6. The number of carbonyl (C=O) groups is 2. The highest BCUT2D eigenvalue weighted by Gasteiger charge is 2.32. The van der Waals surface area contributed by atoms with Gasteiger partial charge in [-0.25, -0.2) is 0 Å². The predicted octanol–water partition coefficient (Wildman–Crippen LogP) is 2.13. The molecule has 2 atom stereocenters. The Morgan fingerprint density at radius 2 is 2.09 bits per heavy atom. The molecule has 1 aromatic carbocycles. The van der Waals surface area contributed by atoms with Crippen molar-refractivity contribution in [1.82, 2.24) is 0 Å². The zero-order chi connectivity index (χ0) is 15.5. The largest absolute Gasteiger partial charge is 0.330 e. The molecule has 5 heteroatoms. The summed E-state index contributed by atoms with van der Waals surface area (Å²) in [5, 5.41) is 3.03. The fourth-order valence-corrected chi connectivity index (χ4v) is 3.61. The lowest BCUT2D eigenvalue weighted by atomic mass is 9.95. The molecule has 1 aliphatic carbocycles. The first-order chi connectivity index (χ1) is 10.7. The Morgan fingerprint density at radius 1 is 1.27 bits per heavy atom. The predicted molar refractivity (Wildman–Crippen MR) is 86.5 cm³/mol. The minimum absolute atomic E-state index is 0.00710. The van der Waals surface area contributed by atoms with E-state index in [1.54, 1.807) is 4.90 Å². The van der Waals surface area contributed by atoms with Crippen LogP contribution in [0, 0.1) is 11.8 Å². The number of benzene rings is 1. The van der Waals surface area contributed by atoms with Crippen molar-refractivity contribution >= 4 is 23.2 Å². The molecule has 1 saturated carbocycles. The van der Waals surface area contributed by atoms with Crippen LogP contribution in [0.5, 0.6) is 0 Å². The number of anilines is 2. The molecule has 2 fully saturated rings. The fourth-order valence-electron chi connectivity index (χ4n) is 3.61. The van der Waals surface area contributed by atoms with Gasteiger partial charge in [0.1, 0.15) is 0 Å². The van der Waals surface area contributed by atoms with E-state index in [0.717, 1.165) is 43.6 Å². The molecule has 0 bridgehead atoms. The number of nitrogens with two attached hydrogens (primary N) is 1. The van der Waals surface area contributed by atoms with Crippen LogP contribution in [0.2, 0.25) is 0 Å². The molecule has 0 spiro atoms. The Morgan fingerprint density at radius 3 is 2.82 bits per heavy atom. The Hall–Kier alpha value is -1.88. The van der Waals surface area contributed by atoms with E-state index in [-0.39, 0.29) is 23.7 Å². The maximum Gasteiger partial charge on any atom is 0.227 e. The van der Waals surface area contributed by atoms with Crippen LogP contribution in [0.15, 0.2) is 24.3 Å². The topological polar surface area (TPSA) is 75.4 Å². The molecule has 2 amide bonds. The monoisotopic (exact) mass is 301 g/mol. The number of hydrogen-bond acceptors (Lipinski definition) is 3. The molecule has 22 heavy (non-hydrogen) atoms. The minimum atomic E-state index is -0.00710. The summed E-state index contributed by atoms with van der Waals surface area (Å²) in [6.07, 6.45) is 4.45. The quantitative estimate of drug-likeness (QED) is 0.894. The van der Waals surface area contributed by atoms with E-state index in [2.05, 4.69) is 5.32 Å². The van der Waals surface area contributed by atoms with Gasteiger partial charge in [-0.2, -0.15) is 0 Å². The van der Waals surface area contributed by atoms with Crippen LogP contribution in [0.25, 0.3) is 0 Å². The van der Waals surface area contributed by atoms with Crippen molar-refractivity contribution in [2.75, 3.05) is 23.3 Å². The van der Waals surface area contributed by atoms with Crippen molar-refractivity contribution in [3.63, 3.8) is 0 Å². The molecule has 1 aromatic rings. The van der Waals surface area contributed by atoms with E-state index in [4.69, 9.17) is 5.73 Å². The van der Waals surface area contributed by atoms with Gasteiger partial charge in [0.15, 0.2) is 0 Å². The molecular formula is C17H23N3O2. The number of para-hydroxylation sites is 2. The molecule has 1 saturated heterocycles. The van der Waals surface area contributed by atoms with Gasteiger partial charge in [-0.15, -0.1) is 0 Å². The molecule has 0 aromatic heterocycles. The normalized spacial score (nSPS) is 24.8. The van der Waals surface area contributed by atoms with Crippen LogP contribution >= 0.6 is 0 Å². The third kappa shape index (κ3) is 2.86. The molecule has 1 heterocycles. The first kappa shape index (κ1) is 15.0. The van der Waals surface area contributed by atoms with Gasteiger partial charge in [-0.1, -0.05) is 18.6 Å². The van der Waals surface area contributed by atoms with E-state index in [1.165, 1.54) is 0 Å². The second kappa shape index (κ2) is 6.48. The van der Waals surface area contributed by atoms with Crippen molar-refractivity contribution in [2.45, 2.75) is 32.1 Å². The highest BCUT2D eigenvalue weighted by Crippen LogP contribution is 2.34. The van der Waals surface area contributed by atoms with Gasteiger partial charge >= 0.3 is 0 Å². The van der Waals surface area contributed by atoms with Crippen LogP contribution in [0.4, 0.5) is 11.4 Å². The van der Waals surface area contributed by atoms with Crippen LogP contribution in [-0.4, -0.2) is 24.9 Å². The highest BCUT2D eigenvalue weighted by atomic mass is 16.2. The summed E-state index contributed by atoms with van der Waals surface area (Å²) in [5.74, 6) is 0.433. The number of rotatable bonds is 4. The number of nitrogens with one attached hydrogen (secondary N) is 1. The van der Waals surface area contributed by atoms with E-state index in [1.807, 2.05) is 24.3 Å². The minimum Gasteiger partial charge on any atom is -0.330 e. The summed E-state index contributed by atoms with van der Waals surface area (Å²) in [6.45, 7) is 1.28. The molecule has 0 radical (unpaired) electrons. The Kier molecular flexibility index (Phi) is 4.43. The summed E-state index contributed by atoms with van der Waals surface area (Å²) in [4.78, 5) is 26.3. The number of carbonyl (C=O) groups excluding carboxylic acids is 2. The van der Waals surface area contributed by atoms with Gasteiger partial charge in [-0.05, 0) is 43.9 Å². The fraction of sp³-hybridized carbons (Fsp3) is 0.529. The van der Waals surface area contributed by atoms with Crippen LogP contribution < -0.4 is 16.0 Å². The lowest BCUT2D eigenvalue weighted by Crippen LogP contribution is -2.31. The molecular weight excluding hydrogens is 278 g/mol. The van der Waals surface area contributed by atoms with E-state index >= 15 is 0 Å². The number of nitrogens with zero attached hydrogens (tertiary/aromatic N) is 1. The van der Waals surface area contributed by atoms with E-state index in [9.17, 15) is 9.59 Å². The van der Waals surface area contributed by atoms with Gasteiger partial charge in [0.25, 0.3) is 0 Å². The molecule has 0 unspecified atom stereocenters. The summed E-state index contributed by atoms with van der Waals surface area (Å²) in [5.41, 5.74) is 7.30. The van der Waals surface area contributed by atoms with E-state index in [0.29, 0.717) is 13.0 Å². The van der Waals surface area contributed by atoms with Crippen molar-refractivity contribution in [2.24, 2.45) is 17.6 Å². The van der Waals surface area contributed by atoms with Crippen molar-refractivity contribution in [3.05, 3.63) is 24.3 Å². The second-order valence-corrected chi connectivity index (χ2v) is 6.19. The second-order valence-electron chi connectivity index (χ2n) is 6.19. The summed E-state index contributed by atoms with van der Waals surface area (Å²) in [7, 11) is 0. The van der Waals surface area contributed by atoms with Crippen LogP contribution in [0.3, 0.4) is 0 Å². The standard InChI is InChI=1S/C17H23N3O2/c18-11-12-5-3-6-13(12)17(22)19-14-7-1-2-8-15(14)20-10-4-9-16(20)21/h1-2,7-8,12-13H,3-6,9-11,18H2,(H,19,22)/t12-,13-/m1/s1. The molecule has 3 N–H and O–H groups in total. The molecule has 3 rings (SSSR count). The average molecular weight is 301 g/mol. The highest BCUT2D eigenvalue weighted by molar-refractivity contribution is 6.02. The SMILES string of the molecule is NC[C@H]1CCC[C@H]1C(=O)Nc1ccccc1N1CCCC1=O. The molecule has 118 valence electrons. The van der Waals surface area contributed by atoms with Crippen molar-refractivity contribution < 1.29 is 9.59 Å². The van der Waals surface area contributed by atoms with Crippen LogP contribution in [0.1, 0.15) is 32.1 Å². The first-order valence-corrected chi connectivity index (χ1v) is 8.11. The molecule has 2 aliphatic rings. The Balaban J connectivity index is 1.78. The number of hydrogen-bond donors (Lipinski definition) is 2. The first-order valence-electron chi connectivity index (χ1n) is 8.11. The Labute approximate surface area is 130 Å². The summed E-state index contributed by atoms with van der Waals surface area (Å²) >= 11 is 0. The zero-order valence-corrected chi connectivity index (χ0v) is 12.8. The van der Waals surface area contributed by atoms with Crippen molar-refractivity contribution in [1.29, 1.82) is 0 Å². The van der Waals surface area contributed by atoms with Gasteiger partial charge < -0.3 is 16.0 Å². The summed E-state index contributed by atoms with van der Waals surface area (Å²) in [6, 6.07) is 7.54. The van der Waals surface area contributed by atoms with Crippen molar-refractivity contribution in [3.8, 4) is 0 Å². The third-order valence-electron chi connectivity index (χ3n) is 4.82. The van der Waals surface area contributed by atoms with E-state index < -0.39 is 0 Å². The summed E-state index contributed by atoms with van der Waals surface area (Å²) < 4.78 is 0. The van der Waals surface area contributed by atoms with Gasteiger partial charge in [0.05, 0.1) is 11.4 Å². The zero-order valence-electron chi connectivity index (χ0n) is 12.8. The van der Waals surface area contributed by atoms with Crippen LogP contribution in [-0.2, 0) is 9.59 Å². The lowest BCUT2D eigenvalue weighted by Gasteiger charge is -2.22. The maximum atomic E-state index is 12.6. The lowest BCUT2D eigenvalue weighted by molar-refractivity contribution is -0.121. The van der Waals surface area contributed by atoms with Gasteiger partial charge in [-0.3, -0.25) is 9.59 Å². The molecule has 5 nitrogen and oxygen atoms in total.